The van der Waals surface area contributed by atoms with E-state index < -0.39 is 0 Å². The summed E-state index contributed by atoms with van der Waals surface area (Å²) in [7, 11) is 0. The van der Waals surface area contributed by atoms with Crippen LogP contribution in [0.3, 0.4) is 0 Å². The number of hydrogen-bond acceptors (Lipinski definition) is 2. The largest absolute Gasteiger partial charge is 0.388 e. The number of anilines is 1. The Morgan fingerprint density at radius 2 is 2.22 bits per heavy atom. The van der Waals surface area contributed by atoms with Gasteiger partial charge in [0.2, 0.25) is 0 Å². The lowest BCUT2D eigenvalue weighted by molar-refractivity contribution is 0.216. The summed E-state index contributed by atoms with van der Waals surface area (Å²) in [4.78, 5) is 13.6. The zero-order valence-corrected chi connectivity index (χ0v) is 10.9. The number of amides is 2. The minimum Gasteiger partial charge on any atom is -0.388 e. The number of rotatable bonds is 5. The van der Waals surface area contributed by atoms with Crippen molar-refractivity contribution in [2.24, 2.45) is 5.73 Å². The minimum absolute atomic E-state index is 0.0943. The number of hydrogen-bond donors (Lipinski definition) is 3. The smallest absolute Gasteiger partial charge is 0.321 e. The highest BCUT2D eigenvalue weighted by Crippen LogP contribution is 2.10. The van der Waals surface area contributed by atoms with Crippen LogP contribution in [0.25, 0.3) is 0 Å². The van der Waals surface area contributed by atoms with Gasteiger partial charge >= 0.3 is 6.03 Å². The van der Waals surface area contributed by atoms with Crippen LogP contribution >= 0.6 is 0 Å². The first-order chi connectivity index (χ1) is 8.52. The van der Waals surface area contributed by atoms with Crippen LogP contribution < -0.4 is 11.1 Å². The number of carbonyl (C=O) groups excluding carboxylic acids is 1. The molecule has 0 saturated carbocycles. The Morgan fingerprint density at radius 1 is 1.50 bits per heavy atom. The topological polar surface area (TPSA) is 82.2 Å². The average Bonchev–Trinajstić information content (AvgIpc) is 2.29. The fourth-order valence-corrected chi connectivity index (χ4v) is 1.58. The lowest BCUT2D eigenvalue weighted by Gasteiger charge is -2.21. The molecule has 5 nitrogen and oxygen atoms in total. The standard InChI is InChI=1S/C13H20N4O/c1-3-17(8-7-12(14)15)13(18)16-11-6-4-5-10(2)9-11/h4-6,9H,3,7-8H2,1-2H3,(H3,14,15)(H,16,18). The maximum Gasteiger partial charge on any atom is 0.321 e. The lowest BCUT2D eigenvalue weighted by Crippen LogP contribution is -2.37. The molecule has 0 atom stereocenters. The molecule has 0 heterocycles. The number of carbonyl (C=O) groups is 1. The number of amidine groups is 1. The predicted octanol–water partition coefficient (Wildman–Crippen LogP) is 2.17. The SMILES string of the molecule is CCN(CCC(=N)N)C(=O)Nc1cccc(C)c1. The zero-order chi connectivity index (χ0) is 13.5. The van der Waals surface area contributed by atoms with Gasteiger partial charge in [-0.05, 0) is 31.5 Å². The lowest BCUT2D eigenvalue weighted by atomic mass is 10.2. The molecule has 0 radical (unpaired) electrons. The van der Waals surface area contributed by atoms with E-state index in [0.717, 1.165) is 11.3 Å². The Balaban J connectivity index is 2.59. The van der Waals surface area contributed by atoms with Crippen molar-refractivity contribution < 1.29 is 4.79 Å². The molecule has 0 spiro atoms. The molecule has 0 saturated heterocycles. The summed E-state index contributed by atoms with van der Waals surface area (Å²) in [6, 6.07) is 7.48. The van der Waals surface area contributed by atoms with Crippen LogP contribution in [-0.2, 0) is 0 Å². The molecule has 0 unspecified atom stereocenters. The van der Waals surface area contributed by atoms with E-state index in [4.69, 9.17) is 11.1 Å². The van der Waals surface area contributed by atoms with Gasteiger partial charge in [-0.2, -0.15) is 0 Å². The maximum atomic E-state index is 12.0. The summed E-state index contributed by atoms with van der Waals surface area (Å²) in [6.07, 6.45) is 0.398. The highest BCUT2D eigenvalue weighted by molar-refractivity contribution is 5.89. The van der Waals surface area contributed by atoms with Gasteiger partial charge in [0.25, 0.3) is 0 Å². The van der Waals surface area contributed by atoms with Crippen LogP contribution in [0.1, 0.15) is 18.9 Å². The summed E-state index contributed by atoms with van der Waals surface area (Å²) in [6.45, 7) is 4.92. The van der Waals surface area contributed by atoms with Gasteiger partial charge < -0.3 is 16.0 Å². The van der Waals surface area contributed by atoms with Crippen molar-refractivity contribution >= 4 is 17.6 Å². The molecule has 0 aliphatic heterocycles. The van der Waals surface area contributed by atoms with Gasteiger partial charge in [0.15, 0.2) is 0 Å². The van der Waals surface area contributed by atoms with Crippen LogP contribution in [0.2, 0.25) is 0 Å². The van der Waals surface area contributed by atoms with E-state index >= 15 is 0 Å². The number of nitrogens with zero attached hydrogens (tertiary/aromatic N) is 1. The Bertz CT molecular complexity index is 431. The highest BCUT2D eigenvalue weighted by atomic mass is 16.2. The molecule has 0 aliphatic carbocycles. The summed E-state index contributed by atoms with van der Waals surface area (Å²) < 4.78 is 0. The summed E-state index contributed by atoms with van der Waals surface area (Å²) in [5.41, 5.74) is 7.17. The monoisotopic (exact) mass is 248 g/mol. The molecule has 0 aliphatic rings. The summed E-state index contributed by atoms with van der Waals surface area (Å²) in [5.74, 6) is 0.0943. The average molecular weight is 248 g/mol. The first-order valence-electron chi connectivity index (χ1n) is 5.98. The molecule has 4 N–H and O–H groups in total. The van der Waals surface area contributed by atoms with Crippen molar-refractivity contribution in [1.82, 2.24) is 4.90 Å². The molecule has 1 aromatic rings. The van der Waals surface area contributed by atoms with Gasteiger partial charge in [-0.3, -0.25) is 5.41 Å². The van der Waals surface area contributed by atoms with Crippen molar-refractivity contribution in [3.05, 3.63) is 29.8 Å². The number of nitrogens with one attached hydrogen (secondary N) is 2. The number of aryl methyl sites for hydroxylation is 1. The quantitative estimate of drug-likeness (QED) is 0.551. The second kappa shape index (κ2) is 6.64. The maximum absolute atomic E-state index is 12.0. The van der Waals surface area contributed by atoms with Crippen LogP contribution in [0.5, 0.6) is 0 Å². The zero-order valence-electron chi connectivity index (χ0n) is 10.9. The fraction of sp³-hybridized carbons (Fsp3) is 0.385. The Labute approximate surface area is 107 Å². The Hall–Kier alpha value is -2.04. The third-order valence-corrected chi connectivity index (χ3v) is 2.59. The van der Waals surface area contributed by atoms with Crippen LogP contribution in [-0.4, -0.2) is 29.9 Å². The van der Waals surface area contributed by atoms with Crippen LogP contribution in [0.15, 0.2) is 24.3 Å². The molecule has 1 rings (SSSR count). The fourth-order valence-electron chi connectivity index (χ4n) is 1.58. The Morgan fingerprint density at radius 3 is 2.78 bits per heavy atom. The van der Waals surface area contributed by atoms with Crippen LogP contribution in [0, 0.1) is 12.3 Å². The van der Waals surface area contributed by atoms with Crippen molar-refractivity contribution in [1.29, 1.82) is 5.41 Å². The van der Waals surface area contributed by atoms with Gasteiger partial charge in [-0.1, -0.05) is 12.1 Å². The Kier molecular flexibility index (Phi) is 5.17. The van der Waals surface area contributed by atoms with Gasteiger partial charge in [0.1, 0.15) is 0 Å². The first-order valence-corrected chi connectivity index (χ1v) is 5.98. The van der Waals surface area contributed by atoms with E-state index in [1.54, 1.807) is 4.90 Å². The molecule has 0 fully saturated rings. The predicted molar refractivity (Wildman–Crippen MR) is 74.0 cm³/mol. The highest BCUT2D eigenvalue weighted by Gasteiger charge is 2.11. The summed E-state index contributed by atoms with van der Waals surface area (Å²) in [5, 5.41) is 10.0. The second-order valence-corrected chi connectivity index (χ2v) is 4.15. The van der Waals surface area contributed by atoms with Crippen molar-refractivity contribution in [3.8, 4) is 0 Å². The van der Waals surface area contributed by atoms with E-state index in [-0.39, 0.29) is 11.9 Å². The number of nitrogens with two attached hydrogens (primary N) is 1. The molecular weight excluding hydrogens is 228 g/mol. The molecule has 0 bridgehead atoms. The third kappa shape index (κ3) is 4.45. The van der Waals surface area contributed by atoms with Crippen LogP contribution in [0.4, 0.5) is 10.5 Å². The van der Waals surface area contributed by atoms with E-state index in [2.05, 4.69) is 5.32 Å². The third-order valence-electron chi connectivity index (χ3n) is 2.59. The normalized spacial score (nSPS) is 9.89. The first kappa shape index (κ1) is 14.0. The summed E-state index contributed by atoms with van der Waals surface area (Å²) >= 11 is 0. The molecular formula is C13H20N4O. The molecule has 5 heteroatoms. The number of benzene rings is 1. The molecule has 18 heavy (non-hydrogen) atoms. The number of urea groups is 1. The molecule has 98 valence electrons. The second-order valence-electron chi connectivity index (χ2n) is 4.15. The van der Waals surface area contributed by atoms with Gasteiger partial charge in [-0.25, -0.2) is 4.79 Å². The van der Waals surface area contributed by atoms with E-state index in [9.17, 15) is 4.79 Å². The van der Waals surface area contributed by atoms with Crippen molar-refractivity contribution in [2.75, 3.05) is 18.4 Å². The van der Waals surface area contributed by atoms with Gasteiger partial charge in [0, 0.05) is 25.2 Å². The van der Waals surface area contributed by atoms with E-state index in [1.807, 2.05) is 38.1 Å². The molecule has 0 aromatic heterocycles. The van der Waals surface area contributed by atoms with E-state index in [1.165, 1.54) is 0 Å². The minimum atomic E-state index is -0.163. The van der Waals surface area contributed by atoms with Gasteiger partial charge in [0.05, 0.1) is 5.84 Å². The molecule has 2 amide bonds. The van der Waals surface area contributed by atoms with Gasteiger partial charge in [-0.15, -0.1) is 0 Å². The molecule has 1 aromatic carbocycles. The van der Waals surface area contributed by atoms with Crippen molar-refractivity contribution in [3.63, 3.8) is 0 Å². The van der Waals surface area contributed by atoms with Crippen molar-refractivity contribution in [2.45, 2.75) is 20.3 Å². The van der Waals surface area contributed by atoms with E-state index in [0.29, 0.717) is 19.5 Å².